The summed E-state index contributed by atoms with van der Waals surface area (Å²) in [7, 11) is 0. The molecule has 0 aliphatic rings. The zero-order valence-corrected chi connectivity index (χ0v) is 14.8. The third-order valence-corrected chi connectivity index (χ3v) is 5.88. The number of carbonyl (C=O) groups excluding carboxylic acids is 1. The molecule has 4 nitrogen and oxygen atoms in total. The van der Waals surface area contributed by atoms with Crippen LogP contribution in [0.25, 0.3) is 0 Å². The standard InChI is InChI=1S/C12H12BrN3OS3/c1-7(19-12-16-15-11(18-2)20-12)10(17)14-9-5-3-4-8(13)6-9/h3-7H,1-2H3,(H,14,17)/t7-/m1/s1. The van der Waals surface area contributed by atoms with Gasteiger partial charge in [-0.25, -0.2) is 0 Å². The first-order valence-corrected chi connectivity index (χ1v) is 9.40. The van der Waals surface area contributed by atoms with Crippen LogP contribution in [0, 0.1) is 0 Å². The molecule has 20 heavy (non-hydrogen) atoms. The first-order chi connectivity index (χ1) is 9.58. The summed E-state index contributed by atoms with van der Waals surface area (Å²) in [5.41, 5.74) is 0.777. The van der Waals surface area contributed by atoms with Gasteiger partial charge in [-0.3, -0.25) is 4.79 Å². The highest BCUT2D eigenvalue weighted by Gasteiger charge is 2.17. The van der Waals surface area contributed by atoms with E-state index in [0.717, 1.165) is 18.8 Å². The number of anilines is 1. The van der Waals surface area contributed by atoms with E-state index in [1.807, 2.05) is 37.4 Å². The second-order valence-electron chi connectivity index (χ2n) is 3.80. The van der Waals surface area contributed by atoms with Crippen molar-refractivity contribution in [1.29, 1.82) is 0 Å². The van der Waals surface area contributed by atoms with E-state index in [9.17, 15) is 4.79 Å². The van der Waals surface area contributed by atoms with Crippen LogP contribution in [-0.2, 0) is 4.79 Å². The average molecular weight is 390 g/mol. The van der Waals surface area contributed by atoms with Crippen LogP contribution >= 0.6 is 50.8 Å². The SMILES string of the molecule is CSc1nnc(S[C@H](C)C(=O)Nc2cccc(Br)c2)s1. The largest absolute Gasteiger partial charge is 0.325 e. The molecule has 1 aromatic heterocycles. The molecule has 1 aromatic carbocycles. The van der Waals surface area contributed by atoms with Crippen LogP contribution in [0.3, 0.4) is 0 Å². The Bertz CT molecular complexity index is 605. The van der Waals surface area contributed by atoms with E-state index in [1.165, 1.54) is 23.1 Å². The van der Waals surface area contributed by atoms with Gasteiger partial charge in [0.25, 0.3) is 0 Å². The highest BCUT2D eigenvalue weighted by atomic mass is 79.9. The minimum absolute atomic E-state index is 0.0472. The Morgan fingerprint density at radius 3 is 2.80 bits per heavy atom. The Morgan fingerprint density at radius 2 is 2.15 bits per heavy atom. The van der Waals surface area contributed by atoms with Crippen molar-refractivity contribution in [3.8, 4) is 0 Å². The molecule has 1 heterocycles. The van der Waals surface area contributed by atoms with Gasteiger partial charge in [0.15, 0.2) is 8.68 Å². The molecular weight excluding hydrogens is 378 g/mol. The number of halogens is 1. The first-order valence-electron chi connectivity index (χ1n) is 5.69. The third-order valence-electron chi connectivity index (χ3n) is 2.30. The van der Waals surface area contributed by atoms with Gasteiger partial charge in [0.1, 0.15) is 0 Å². The topological polar surface area (TPSA) is 54.9 Å². The van der Waals surface area contributed by atoms with Gasteiger partial charge in [0, 0.05) is 10.2 Å². The molecule has 0 spiro atoms. The Labute approximate surface area is 138 Å². The summed E-state index contributed by atoms with van der Waals surface area (Å²) in [5, 5.41) is 10.7. The summed E-state index contributed by atoms with van der Waals surface area (Å²) in [5.74, 6) is -0.0472. The molecule has 0 aliphatic carbocycles. The van der Waals surface area contributed by atoms with Crippen molar-refractivity contribution in [3.05, 3.63) is 28.7 Å². The van der Waals surface area contributed by atoms with E-state index in [-0.39, 0.29) is 11.2 Å². The second kappa shape index (κ2) is 7.44. The molecule has 0 bridgehead atoms. The lowest BCUT2D eigenvalue weighted by Gasteiger charge is -2.10. The van der Waals surface area contributed by atoms with Crippen LogP contribution in [0.1, 0.15) is 6.92 Å². The predicted octanol–water partition coefficient (Wildman–Crippen LogP) is 4.14. The third kappa shape index (κ3) is 4.47. The number of hydrogen-bond donors (Lipinski definition) is 1. The molecular formula is C12H12BrN3OS3. The molecule has 0 fully saturated rings. The lowest BCUT2D eigenvalue weighted by atomic mass is 10.3. The van der Waals surface area contributed by atoms with Crippen LogP contribution in [0.4, 0.5) is 5.69 Å². The van der Waals surface area contributed by atoms with E-state index < -0.39 is 0 Å². The fourth-order valence-corrected chi connectivity index (χ4v) is 4.32. The molecule has 0 radical (unpaired) electrons. The summed E-state index contributed by atoms with van der Waals surface area (Å²) in [6, 6.07) is 7.52. The molecule has 1 amide bonds. The van der Waals surface area contributed by atoms with E-state index in [0.29, 0.717) is 0 Å². The lowest BCUT2D eigenvalue weighted by molar-refractivity contribution is -0.115. The van der Waals surface area contributed by atoms with Gasteiger partial charge in [0.2, 0.25) is 5.91 Å². The van der Waals surface area contributed by atoms with E-state index in [4.69, 9.17) is 0 Å². The monoisotopic (exact) mass is 389 g/mol. The number of nitrogens with zero attached hydrogens (tertiary/aromatic N) is 2. The summed E-state index contributed by atoms with van der Waals surface area (Å²) in [6.07, 6.45) is 1.96. The van der Waals surface area contributed by atoms with Crippen LogP contribution in [-0.4, -0.2) is 27.6 Å². The summed E-state index contributed by atoms with van der Waals surface area (Å²) >= 11 is 7.86. The van der Waals surface area contributed by atoms with Crippen molar-refractivity contribution in [1.82, 2.24) is 10.2 Å². The molecule has 1 N–H and O–H groups in total. The number of nitrogens with one attached hydrogen (secondary N) is 1. The maximum Gasteiger partial charge on any atom is 0.237 e. The molecule has 0 aliphatic heterocycles. The van der Waals surface area contributed by atoms with Crippen LogP contribution in [0.15, 0.2) is 37.4 Å². The minimum atomic E-state index is -0.225. The van der Waals surface area contributed by atoms with Gasteiger partial charge in [-0.05, 0) is 31.4 Å². The van der Waals surface area contributed by atoms with E-state index in [2.05, 4.69) is 31.4 Å². The van der Waals surface area contributed by atoms with E-state index >= 15 is 0 Å². The van der Waals surface area contributed by atoms with Crippen molar-refractivity contribution < 1.29 is 4.79 Å². The van der Waals surface area contributed by atoms with Crippen LogP contribution in [0.2, 0.25) is 0 Å². The van der Waals surface area contributed by atoms with Crippen LogP contribution < -0.4 is 5.32 Å². The summed E-state index contributed by atoms with van der Waals surface area (Å²) in [4.78, 5) is 12.1. The average Bonchev–Trinajstić information content (AvgIpc) is 2.86. The van der Waals surface area contributed by atoms with Gasteiger partial charge >= 0.3 is 0 Å². The fraction of sp³-hybridized carbons (Fsp3) is 0.250. The predicted molar refractivity (Wildman–Crippen MR) is 89.8 cm³/mol. The molecule has 0 saturated heterocycles. The number of carbonyl (C=O) groups is 1. The number of benzene rings is 1. The smallest absolute Gasteiger partial charge is 0.237 e. The number of thioether (sulfide) groups is 2. The quantitative estimate of drug-likeness (QED) is 0.778. The summed E-state index contributed by atoms with van der Waals surface area (Å²) in [6.45, 7) is 1.86. The Balaban J connectivity index is 1.95. The van der Waals surface area contributed by atoms with Crippen molar-refractivity contribution in [2.75, 3.05) is 11.6 Å². The van der Waals surface area contributed by atoms with Crippen molar-refractivity contribution >= 4 is 62.4 Å². The number of aromatic nitrogens is 2. The van der Waals surface area contributed by atoms with Crippen molar-refractivity contribution in [2.24, 2.45) is 0 Å². The van der Waals surface area contributed by atoms with Crippen LogP contribution in [0.5, 0.6) is 0 Å². The molecule has 0 unspecified atom stereocenters. The normalized spacial score (nSPS) is 12.2. The van der Waals surface area contributed by atoms with Gasteiger partial charge < -0.3 is 5.32 Å². The Kier molecular flexibility index (Phi) is 5.88. The zero-order valence-electron chi connectivity index (χ0n) is 10.8. The van der Waals surface area contributed by atoms with Gasteiger partial charge in [-0.2, -0.15) is 0 Å². The highest BCUT2D eigenvalue weighted by Crippen LogP contribution is 2.30. The molecule has 0 saturated carbocycles. The summed E-state index contributed by atoms with van der Waals surface area (Å²) < 4.78 is 2.66. The zero-order chi connectivity index (χ0) is 14.5. The Morgan fingerprint density at radius 1 is 1.40 bits per heavy atom. The second-order valence-corrected chi connectivity index (χ2v) is 8.33. The maximum absolute atomic E-state index is 12.1. The van der Waals surface area contributed by atoms with Gasteiger partial charge in [0.05, 0.1) is 5.25 Å². The number of hydrogen-bond acceptors (Lipinski definition) is 6. The number of amides is 1. The number of rotatable bonds is 5. The van der Waals surface area contributed by atoms with Crippen molar-refractivity contribution in [2.45, 2.75) is 20.9 Å². The van der Waals surface area contributed by atoms with Gasteiger partial charge in [-0.15, -0.1) is 10.2 Å². The molecule has 8 heteroatoms. The highest BCUT2D eigenvalue weighted by molar-refractivity contribution is 9.10. The Hall–Kier alpha value is -0.570. The molecule has 1 atom stereocenters. The first kappa shape index (κ1) is 15.8. The minimum Gasteiger partial charge on any atom is -0.325 e. The molecule has 2 rings (SSSR count). The molecule has 106 valence electrons. The fourth-order valence-electron chi connectivity index (χ4n) is 1.34. The van der Waals surface area contributed by atoms with Crippen molar-refractivity contribution in [3.63, 3.8) is 0 Å². The maximum atomic E-state index is 12.1. The van der Waals surface area contributed by atoms with E-state index in [1.54, 1.807) is 11.8 Å². The lowest BCUT2D eigenvalue weighted by Crippen LogP contribution is -2.22. The molecule has 2 aromatic rings. The van der Waals surface area contributed by atoms with Gasteiger partial charge in [-0.1, -0.05) is 56.9 Å².